The summed E-state index contributed by atoms with van der Waals surface area (Å²) < 4.78 is 34.0. The highest BCUT2D eigenvalue weighted by Gasteiger charge is 2.26. The second-order valence-corrected chi connectivity index (χ2v) is 9.63. The molecule has 2 aromatic carbocycles. The number of benzene rings is 2. The topological polar surface area (TPSA) is 88.6 Å². The number of amides is 1. The van der Waals surface area contributed by atoms with Gasteiger partial charge in [0.25, 0.3) is 10.0 Å². The van der Waals surface area contributed by atoms with Gasteiger partial charge in [-0.2, -0.15) is 0 Å². The van der Waals surface area contributed by atoms with Gasteiger partial charge in [0.15, 0.2) is 0 Å². The predicted molar refractivity (Wildman–Crippen MR) is 118 cm³/mol. The van der Waals surface area contributed by atoms with Gasteiger partial charge in [-0.1, -0.05) is 12.1 Å². The number of thiazole rings is 1. The molecule has 0 saturated carbocycles. The number of hydrogen-bond donors (Lipinski definition) is 1. The van der Waals surface area contributed by atoms with Crippen LogP contribution in [0.3, 0.4) is 0 Å². The molecule has 1 aromatic heterocycles. The second kappa shape index (κ2) is 8.08. The smallest absolute Gasteiger partial charge is 0.265 e. The number of sulfonamides is 1. The second-order valence-electron chi connectivity index (χ2n) is 6.92. The molecule has 0 atom stereocenters. The number of nitrogens with one attached hydrogen (secondary N) is 1. The molecular formula is C21H21N3O4S2. The third-order valence-corrected chi connectivity index (χ3v) is 7.05. The number of hydrogen-bond acceptors (Lipinski definition) is 6. The minimum Gasteiger partial charge on any atom is -0.495 e. The monoisotopic (exact) mass is 443 g/mol. The Kier molecular flexibility index (Phi) is 5.48. The Morgan fingerprint density at radius 3 is 2.53 bits per heavy atom. The average molecular weight is 444 g/mol. The number of anilines is 2. The molecule has 1 aliphatic rings. The third-order valence-electron chi connectivity index (χ3n) is 4.87. The highest BCUT2D eigenvalue weighted by Crippen LogP contribution is 2.32. The highest BCUT2D eigenvalue weighted by molar-refractivity contribution is 7.92. The van der Waals surface area contributed by atoms with E-state index in [1.165, 1.54) is 13.2 Å². The molecule has 0 unspecified atom stereocenters. The summed E-state index contributed by atoms with van der Waals surface area (Å²) in [5.41, 5.74) is 2.74. The zero-order chi connectivity index (χ0) is 21.3. The number of rotatable bonds is 6. The SMILES string of the molecule is COc1ccc(N2CCCC2=O)cc1S(=O)(=O)Nc1ccc(-c2csc(C)n2)cc1. The maximum Gasteiger partial charge on any atom is 0.265 e. The van der Waals surface area contributed by atoms with Crippen LogP contribution >= 0.6 is 11.3 Å². The lowest BCUT2D eigenvalue weighted by molar-refractivity contribution is -0.117. The molecule has 3 aromatic rings. The fraction of sp³-hybridized carbons (Fsp3) is 0.238. The van der Waals surface area contributed by atoms with Crippen LogP contribution in [-0.2, 0) is 14.8 Å². The first-order valence-corrected chi connectivity index (χ1v) is 11.8. The van der Waals surface area contributed by atoms with Crippen molar-refractivity contribution < 1.29 is 17.9 Å². The number of aromatic nitrogens is 1. The van der Waals surface area contributed by atoms with E-state index >= 15 is 0 Å². The van der Waals surface area contributed by atoms with E-state index in [9.17, 15) is 13.2 Å². The van der Waals surface area contributed by atoms with E-state index in [2.05, 4.69) is 9.71 Å². The van der Waals surface area contributed by atoms with Gasteiger partial charge in [0.05, 0.1) is 17.8 Å². The Morgan fingerprint density at radius 1 is 1.17 bits per heavy atom. The molecule has 156 valence electrons. The molecule has 30 heavy (non-hydrogen) atoms. The van der Waals surface area contributed by atoms with Crippen LogP contribution in [0.4, 0.5) is 11.4 Å². The lowest BCUT2D eigenvalue weighted by Crippen LogP contribution is -2.24. The number of carbonyl (C=O) groups excluding carboxylic acids is 1. The zero-order valence-corrected chi connectivity index (χ0v) is 18.2. The summed E-state index contributed by atoms with van der Waals surface area (Å²) in [6.45, 7) is 2.52. The van der Waals surface area contributed by atoms with Crippen molar-refractivity contribution in [1.82, 2.24) is 4.98 Å². The van der Waals surface area contributed by atoms with Crippen molar-refractivity contribution in [3.05, 3.63) is 52.9 Å². The molecule has 1 amide bonds. The zero-order valence-electron chi connectivity index (χ0n) is 16.6. The summed E-state index contributed by atoms with van der Waals surface area (Å²) in [6, 6.07) is 11.8. The van der Waals surface area contributed by atoms with Crippen molar-refractivity contribution in [2.75, 3.05) is 23.3 Å². The molecule has 0 aliphatic carbocycles. The van der Waals surface area contributed by atoms with Gasteiger partial charge in [0.1, 0.15) is 10.6 Å². The van der Waals surface area contributed by atoms with E-state index in [0.29, 0.717) is 24.3 Å². The van der Waals surface area contributed by atoms with E-state index in [1.54, 1.807) is 40.5 Å². The Labute approximate surface area is 179 Å². The molecular weight excluding hydrogens is 422 g/mol. The lowest BCUT2D eigenvalue weighted by atomic mass is 10.1. The summed E-state index contributed by atoms with van der Waals surface area (Å²) >= 11 is 1.56. The molecule has 0 radical (unpaired) electrons. The third kappa shape index (κ3) is 4.03. The lowest BCUT2D eigenvalue weighted by Gasteiger charge is -2.18. The summed E-state index contributed by atoms with van der Waals surface area (Å²) in [5, 5.41) is 2.93. The van der Waals surface area contributed by atoms with Gasteiger partial charge in [-0.3, -0.25) is 9.52 Å². The summed E-state index contributed by atoms with van der Waals surface area (Å²) in [4.78, 5) is 18.1. The molecule has 1 N–H and O–H groups in total. The fourth-order valence-corrected chi connectivity index (χ4v) is 5.25. The number of nitrogens with zero attached hydrogens (tertiary/aromatic N) is 2. The normalized spacial score (nSPS) is 14.2. The molecule has 9 heteroatoms. The Balaban J connectivity index is 1.62. The predicted octanol–water partition coefficient (Wildman–Crippen LogP) is 4.05. The van der Waals surface area contributed by atoms with Crippen LogP contribution < -0.4 is 14.4 Å². The van der Waals surface area contributed by atoms with Gasteiger partial charge in [-0.15, -0.1) is 11.3 Å². The maximum absolute atomic E-state index is 13.1. The first-order chi connectivity index (χ1) is 14.4. The van der Waals surface area contributed by atoms with Gasteiger partial charge in [-0.05, 0) is 43.7 Å². The minimum atomic E-state index is -3.93. The molecule has 4 rings (SSSR count). The quantitative estimate of drug-likeness (QED) is 0.621. The van der Waals surface area contributed by atoms with Crippen LogP contribution in [0.2, 0.25) is 0 Å². The fourth-order valence-electron chi connectivity index (χ4n) is 3.38. The van der Waals surface area contributed by atoms with Crippen molar-refractivity contribution >= 4 is 38.6 Å². The molecule has 7 nitrogen and oxygen atoms in total. The van der Waals surface area contributed by atoms with Crippen LogP contribution in [-0.4, -0.2) is 33.0 Å². The van der Waals surface area contributed by atoms with Crippen molar-refractivity contribution in [1.29, 1.82) is 0 Å². The van der Waals surface area contributed by atoms with E-state index in [-0.39, 0.29) is 16.6 Å². The van der Waals surface area contributed by atoms with Gasteiger partial charge in [0, 0.05) is 35.3 Å². The number of carbonyl (C=O) groups is 1. The summed E-state index contributed by atoms with van der Waals surface area (Å²) in [5.74, 6) is 0.205. The number of ether oxygens (including phenoxy) is 1. The van der Waals surface area contributed by atoms with Gasteiger partial charge < -0.3 is 9.64 Å². The largest absolute Gasteiger partial charge is 0.495 e. The van der Waals surface area contributed by atoms with Crippen molar-refractivity contribution in [3.8, 4) is 17.0 Å². The minimum absolute atomic E-state index is 0.00987. The van der Waals surface area contributed by atoms with Gasteiger partial charge in [-0.25, -0.2) is 13.4 Å². The highest BCUT2D eigenvalue weighted by atomic mass is 32.2. The van der Waals surface area contributed by atoms with Crippen LogP contribution in [0, 0.1) is 6.92 Å². The molecule has 0 spiro atoms. The van der Waals surface area contributed by atoms with Gasteiger partial charge >= 0.3 is 0 Å². The molecule has 1 fully saturated rings. The first-order valence-electron chi connectivity index (χ1n) is 9.41. The van der Waals surface area contributed by atoms with E-state index in [1.807, 2.05) is 24.4 Å². The van der Waals surface area contributed by atoms with Crippen molar-refractivity contribution in [2.24, 2.45) is 0 Å². The van der Waals surface area contributed by atoms with Gasteiger partial charge in [0.2, 0.25) is 5.91 Å². The summed E-state index contributed by atoms with van der Waals surface area (Å²) in [6.07, 6.45) is 1.23. The van der Waals surface area contributed by atoms with E-state index in [4.69, 9.17) is 4.74 Å². The number of aryl methyl sites for hydroxylation is 1. The van der Waals surface area contributed by atoms with Crippen LogP contribution in [0.5, 0.6) is 5.75 Å². The van der Waals surface area contributed by atoms with Crippen molar-refractivity contribution in [3.63, 3.8) is 0 Å². The van der Waals surface area contributed by atoms with Crippen molar-refractivity contribution in [2.45, 2.75) is 24.7 Å². The standard InChI is InChI=1S/C21H21N3O4S2/c1-14-22-18(13-29-14)15-5-7-16(8-6-15)23-30(26,27)20-12-17(9-10-19(20)28-2)24-11-3-4-21(24)25/h5-10,12-13,23H,3-4,11H2,1-2H3. The summed E-state index contributed by atoms with van der Waals surface area (Å²) in [7, 11) is -2.51. The van der Waals surface area contributed by atoms with E-state index < -0.39 is 10.0 Å². The van der Waals surface area contributed by atoms with E-state index in [0.717, 1.165) is 22.7 Å². The molecule has 1 saturated heterocycles. The molecule has 1 aliphatic heterocycles. The first kappa shape index (κ1) is 20.4. The molecule has 2 heterocycles. The molecule has 0 bridgehead atoms. The van der Waals surface area contributed by atoms with Crippen LogP contribution in [0.25, 0.3) is 11.3 Å². The number of methoxy groups -OCH3 is 1. The average Bonchev–Trinajstić information content (AvgIpc) is 3.36. The van der Waals surface area contributed by atoms with Crippen LogP contribution in [0.15, 0.2) is 52.7 Å². The van der Waals surface area contributed by atoms with Crippen LogP contribution in [0.1, 0.15) is 17.8 Å². The maximum atomic E-state index is 13.1. The Morgan fingerprint density at radius 2 is 1.93 bits per heavy atom. The Bertz CT molecular complexity index is 1190. The Hall–Kier alpha value is -2.91.